The normalized spacial score (nSPS) is 18.5. The number of rotatable bonds is 7. The first-order valence-electron chi connectivity index (χ1n) is 8.55. The summed E-state index contributed by atoms with van der Waals surface area (Å²) in [5, 5.41) is 9.83. The molecule has 24 heavy (non-hydrogen) atoms. The van der Waals surface area contributed by atoms with E-state index < -0.39 is 15.6 Å². The molecule has 1 heterocycles. The van der Waals surface area contributed by atoms with Crippen LogP contribution >= 0.6 is 11.3 Å². The minimum atomic E-state index is -3.72. The van der Waals surface area contributed by atoms with Gasteiger partial charge in [0.2, 0.25) is 10.0 Å². The Balaban J connectivity index is 1.94. The molecule has 3 rings (SSSR count). The largest absolute Gasteiger partial charge is 0.389 e. The fourth-order valence-electron chi connectivity index (χ4n) is 3.07. The number of carbonyl (C=O) groups is 1. The number of aryl methyl sites for hydroxylation is 1. The number of hydrogen-bond acceptors (Lipinski definition) is 5. The van der Waals surface area contributed by atoms with Crippen molar-refractivity contribution in [3.05, 3.63) is 15.3 Å². The molecule has 134 valence electrons. The van der Waals surface area contributed by atoms with E-state index in [2.05, 4.69) is 4.72 Å². The first kappa shape index (κ1) is 18.0. The molecule has 0 aliphatic heterocycles. The van der Waals surface area contributed by atoms with Gasteiger partial charge in [-0.25, -0.2) is 13.1 Å². The van der Waals surface area contributed by atoms with Crippen LogP contribution in [0.5, 0.6) is 0 Å². The van der Waals surface area contributed by atoms with Crippen molar-refractivity contribution in [1.29, 1.82) is 0 Å². The summed E-state index contributed by atoms with van der Waals surface area (Å²) in [6.07, 6.45) is 5.79. The van der Waals surface area contributed by atoms with Crippen LogP contribution in [0.3, 0.4) is 0 Å². The molecule has 2 N–H and O–H groups in total. The van der Waals surface area contributed by atoms with Gasteiger partial charge in [0, 0.05) is 28.6 Å². The second-order valence-corrected chi connectivity index (χ2v) is 10.4. The first-order chi connectivity index (χ1) is 11.2. The Morgan fingerprint density at radius 3 is 2.58 bits per heavy atom. The van der Waals surface area contributed by atoms with Crippen LogP contribution in [0.25, 0.3) is 0 Å². The second-order valence-electron chi connectivity index (χ2n) is 7.52. The maximum Gasteiger partial charge on any atom is 0.242 e. The molecule has 1 fully saturated rings. The zero-order chi connectivity index (χ0) is 17.5. The smallest absolute Gasteiger partial charge is 0.242 e. The van der Waals surface area contributed by atoms with Gasteiger partial charge in [-0.15, -0.1) is 11.3 Å². The van der Waals surface area contributed by atoms with Gasteiger partial charge in [0.15, 0.2) is 0 Å². The highest BCUT2D eigenvalue weighted by atomic mass is 32.2. The highest BCUT2D eigenvalue weighted by molar-refractivity contribution is 7.89. The molecule has 7 heteroatoms. The Kier molecular flexibility index (Phi) is 4.90. The quantitative estimate of drug-likeness (QED) is 0.770. The average molecular weight is 372 g/mol. The lowest BCUT2D eigenvalue weighted by atomic mass is 9.98. The molecule has 2 aliphatic rings. The molecule has 1 saturated carbocycles. The van der Waals surface area contributed by atoms with Crippen molar-refractivity contribution in [3.8, 4) is 0 Å². The van der Waals surface area contributed by atoms with Gasteiger partial charge < -0.3 is 5.11 Å². The van der Waals surface area contributed by atoms with E-state index in [1.165, 1.54) is 11.3 Å². The molecule has 0 radical (unpaired) electrons. The molecule has 2 aliphatic carbocycles. The Morgan fingerprint density at radius 1 is 1.29 bits per heavy atom. The van der Waals surface area contributed by atoms with Crippen molar-refractivity contribution in [2.24, 2.45) is 5.92 Å². The van der Waals surface area contributed by atoms with Crippen LogP contribution in [-0.2, 0) is 34.1 Å². The highest BCUT2D eigenvalue weighted by Crippen LogP contribution is 2.39. The molecule has 0 spiro atoms. The van der Waals surface area contributed by atoms with Crippen molar-refractivity contribution in [3.63, 3.8) is 0 Å². The third-order valence-electron chi connectivity index (χ3n) is 4.52. The minimum Gasteiger partial charge on any atom is -0.389 e. The lowest BCUT2D eigenvalue weighted by Crippen LogP contribution is -2.38. The lowest BCUT2D eigenvalue weighted by Gasteiger charge is -2.19. The van der Waals surface area contributed by atoms with Gasteiger partial charge in [-0.1, -0.05) is 0 Å². The van der Waals surface area contributed by atoms with Crippen LogP contribution in [0.1, 0.15) is 54.8 Å². The van der Waals surface area contributed by atoms with Gasteiger partial charge in [0.25, 0.3) is 0 Å². The molecule has 1 aromatic heterocycles. The Morgan fingerprint density at radius 2 is 1.96 bits per heavy atom. The molecule has 0 amide bonds. The van der Waals surface area contributed by atoms with E-state index in [-0.39, 0.29) is 24.7 Å². The number of fused-ring (bicyclic) bond motifs is 1. The van der Waals surface area contributed by atoms with Crippen molar-refractivity contribution in [2.45, 2.75) is 69.3 Å². The minimum absolute atomic E-state index is 0.0457. The predicted molar refractivity (Wildman–Crippen MR) is 93.9 cm³/mol. The van der Waals surface area contributed by atoms with Gasteiger partial charge in [-0.3, -0.25) is 4.79 Å². The highest BCUT2D eigenvalue weighted by Gasteiger charge is 2.34. The van der Waals surface area contributed by atoms with E-state index in [4.69, 9.17) is 0 Å². The van der Waals surface area contributed by atoms with E-state index >= 15 is 0 Å². The molecule has 0 bridgehead atoms. The maximum atomic E-state index is 12.9. The molecular weight excluding hydrogens is 346 g/mol. The van der Waals surface area contributed by atoms with Crippen molar-refractivity contribution in [2.75, 3.05) is 6.54 Å². The summed E-state index contributed by atoms with van der Waals surface area (Å²) < 4.78 is 28.3. The van der Waals surface area contributed by atoms with Gasteiger partial charge in [-0.2, -0.15) is 0 Å². The summed E-state index contributed by atoms with van der Waals surface area (Å²) in [5.41, 5.74) is -0.222. The number of thiophene rings is 1. The summed E-state index contributed by atoms with van der Waals surface area (Å²) in [6, 6.07) is 0. The van der Waals surface area contributed by atoms with Crippen LogP contribution in [0.4, 0.5) is 0 Å². The van der Waals surface area contributed by atoms with E-state index in [9.17, 15) is 18.3 Å². The third kappa shape index (κ3) is 4.07. The van der Waals surface area contributed by atoms with E-state index in [1.807, 2.05) is 0 Å². The summed E-state index contributed by atoms with van der Waals surface area (Å²) in [6.45, 7) is 3.09. The van der Waals surface area contributed by atoms with Gasteiger partial charge in [0.1, 0.15) is 5.78 Å². The lowest BCUT2D eigenvalue weighted by molar-refractivity contribution is -0.119. The molecule has 0 atom stereocenters. The molecule has 5 nitrogen and oxygen atoms in total. The van der Waals surface area contributed by atoms with Gasteiger partial charge >= 0.3 is 0 Å². The molecular formula is C17H25NO4S2. The van der Waals surface area contributed by atoms with E-state index in [1.54, 1.807) is 13.8 Å². The summed E-state index contributed by atoms with van der Waals surface area (Å²) in [5.74, 6) is 0.288. The number of nitrogens with one attached hydrogen (secondary N) is 1. The standard InChI is InChI=1S/C17H25NO4S2/c1-17(2,20)10-18-24(21,22)16-12-5-3-4-6-14(12)23-15(16)9-13(19)11-7-8-11/h11,18,20H,3-10H2,1-2H3. The van der Waals surface area contributed by atoms with Crippen molar-refractivity contribution in [1.82, 2.24) is 4.72 Å². The first-order valence-corrected chi connectivity index (χ1v) is 10.9. The summed E-state index contributed by atoms with van der Waals surface area (Å²) >= 11 is 1.49. The van der Waals surface area contributed by atoms with Gasteiger partial charge in [0.05, 0.1) is 10.5 Å². The zero-order valence-corrected chi connectivity index (χ0v) is 15.9. The number of Topliss-reactive ketones (excluding diaryl/α,β-unsaturated/α-hetero) is 1. The zero-order valence-electron chi connectivity index (χ0n) is 14.2. The monoisotopic (exact) mass is 371 g/mol. The number of ketones is 1. The third-order valence-corrected chi connectivity index (χ3v) is 7.50. The number of sulfonamides is 1. The Hall–Kier alpha value is -0.760. The van der Waals surface area contributed by atoms with E-state index in [0.29, 0.717) is 9.77 Å². The topological polar surface area (TPSA) is 83.5 Å². The fourth-order valence-corrected chi connectivity index (χ4v) is 6.50. The number of aliphatic hydroxyl groups is 1. The molecule has 0 saturated heterocycles. The average Bonchev–Trinajstić information content (AvgIpc) is 3.26. The van der Waals surface area contributed by atoms with Gasteiger partial charge in [-0.05, 0) is 57.9 Å². The number of carbonyl (C=O) groups excluding carboxylic acids is 1. The van der Waals surface area contributed by atoms with Crippen molar-refractivity contribution >= 4 is 27.1 Å². The Labute approximate surface area is 147 Å². The van der Waals surface area contributed by atoms with Crippen LogP contribution in [0.15, 0.2) is 4.90 Å². The van der Waals surface area contributed by atoms with Crippen LogP contribution < -0.4 is 4.72 Å². The van der Waals surface area contributed by atoms with Crippen molar-refractivity contribution < 1.29 is 18.3 Å². The maximum absolute atomic E-state index is 12.9. The summed E-state index contributed by atoms with van der Waals surface area (Å²) in [4.78, 5) is 14.4. The van der Waals surface area contributed by atoms with E-state index in [0.717, 1.165) is 49.0 Å². The SMILES string of the molecule is CC(C)(O)CNS(=O)(=O)c1c(CC(=O)C2CC2)sc2c1CCCC2. The second kappa shape index (κ2) is 6.52. The molecule has 0 aromatic carbocycles. The number of hydrogen-bond donors (Lipinski definition) is 2. The Bertz CT molecular complexity index is 739. The van der Waals surface area contributed by atoms with Crippen LogP contribution in [0, 0.1) is 5.92 Å². The fraction of sp³-hybridized carbons (Fsp3) is 0.706. The predicted octanol–water partition coefficient (Wildman–Crippen LogP) is 2.20. The molecule has 1 aromatic rings. The van der Waals surface area contributed by atoms with Crippen LogP contribution in [0.2, 0.25) is 0 Å². The summed E-state index contributed by atoms with van der Waals surface area (Å²) in [7, 11) is -3.72. The van der Waals surface area contributed by atoms with Crippen LogP contribution in [-0.4, -0.2) is 31.5 Å². The molecule has 0 unspecified atom stereocenters.